The van der Waals surface area contributed by atoms with Gasteiger partial charge in [0.2, 0.25) is 23.6 Å². The third-order valence-corrected chi connectivity index (χ3v) is 16.7. The molecule has 5 amide bonds. The van der Waals surface area contributed by atoms with Crippen molar-refractivity contribution in [3.05, 3.63) is 124 Å². The first-order chi connectivity index (χ1) is 42.9. The number of aryl methyl sites for hydroxylation is 1. The molecule has 5 heterocycles. The number of fused-ring (bicyclic) bond motifs is 1. The lowest BCUT2D eigenvalue weighted by molar-refractivity contribution is -0.144. The summed E-state index contributed by atoms with van der Waals surface area (Å²) >= 11 is 1.56. The number of anilines is 3. The maximum Gasteiger partial charge on any atom is 0.258 e. The SMILES string of the molecule is Cc1ncsc1-c1ccc(CNC(=O)[C@@H]2C[C@@H](O)CN2C(=O)[C@@H](NC(=O)COCCOCCOCCOCCOCC(=O)N2CCN(c3ccc(C(=O)Nc4n[nH]c5ccc(Cc6cc(F)cc(F)c6)cc45)c(NC4CCOCC4)c3)CC2)C(C)(C)C)cc1. The van der Waals surface area contributed by atoms with Gasteiger partial charge < -0.3 is 69.5 Å². The third-order valence-electron chi connectivity index (χ3n) is 15.7. The third kappa shape index (κ3) is 18.8. The number of rotatable bonds is 29. The molecule has 6 N–H and O–H groups in total. The van der Waals surface area contributed by atoms with Crippen LogP contribution >= 0.6 is 11.3 Å². The van der Waals surface area contributed by atoms with Crippen molar-refractivity contribution < 1.29 is 66.3 Å². The highest BCUT2D eigenvalue weighted by Gasteiger charge is 2.44. The zero-order valence-electron chi connectivity index (χ0n) is 50.8. The molecule has 0 unspecified atom stereocenters. The second-order valence-corrected chi connectivity index (χ2v) is 24.2. The van der Waals surface area contributed by atoms with Crippen LogP contribution in [0.2, 0.25) is 0 Å². The number of nitrogens with one attached hydrogen (secondary N) is 5. The number of aromatic amines is 1. The van der Waals surface area contributed by atoms with Gasteiger partial charge in [-0.25, -0.2) is 13.8 Å². The molecule has 0 aliphatic carbocycles. The van der Waals surface area contributed by atoms with Gasteiger partial charge in [-0.3, -0.25) is 29.1 Å². The van der Waals surface area contributed by atoms with E-state index in [1.807, 2.05) is 82.3 Å². The van der Waals surface area contributed by atoms with Crippen molar-refractivity contribution in [2.24, 2.45) is 5.41 Å². The predicted molar refractivity (Wildman–Crippen MR) is 332 cm³/mol. The summed E-state index contributed by atoms with van der Waals surface area (Å²) in [5.41, 5.74) is 7.92. The first-order valence-electron chi connectivity index (χ1n) is 30.1. The highest BCUT2D eigenvalue weighted by molar-refractivity contribution is 7.13. The number of benzene rings is 4. The van der Waals surface area contributed by atoms with Gasteiger partial charge in [0.1, 0.15) is 36.9 Å². The fourth-order valence-electron chi connectivity index (χ4n) is 10.9. The quantitative estimate of drug-likeness (QED) is 0.0284. The van der Waals surface area contributed by atoms with Crippen molar-refractivity contribution in [3.8, 4) is 10.4 Å². The molecule has 478 valence electrons. The standard InChI is InChI=1S/C64H80F2N10O12S/c1-41-58(89-40-68-41)45-8-5-42(6-9-45)36-67-62(81)55-35-50(77)37-76(55)63(82)59(64(2,3)4)70-56(78)38-87-27-25-85-23-21-84-22-24-86-26-28-88-39-57(79)75-17-15-74(16-18-75)49-10-11-51(54(34-49)69-48-13-19-83-20-14-48)61(80)71-60-52-32-43(7-12-53(52)72-73-60)29-44-30-46(65)33-47(66)31-44/h5-12,30-34,40,48,50,55,59,69,77H,13-29,35-39H2,1-4H3,(H,67,81)(H,70,78)(H2,71,72,73,80)/t50-,55+,59-/m1/s1. The zero-order valence-corrected chi connectivity index (χ0v) is 51.6. The molecular formula is C64H80F2N10O12S. The molecule has 0 spiro atoms. The van der Waals surface area contributed by atoms with Crippen molar-refractivity contribution in [1.29, 1.82) is 0 Å². The first kappa shape index (κ1) is 65.9. The summed E-state index contributed by atoms with van der Waals surface area (Å²) in [6, 6.07) is 20.6. The van der Waals surface area contributed by atoms with E-state index in [4.69, 9.17) is 28.4 Å². The monoisotopic (exact) mass is 1250 g/mol. The molecule has 0 saturated carbocycles. The van der Waals surface area contributed by atoms with Crippen LogP contribution in [0.25, 0.3) is 21.3 Å². The lowest BCUT2D eigenvalue weighted by atomic mass is 9.85. The van der Waals surface area contributed by atoms with Crippen molar-refractivity contribution in [1.82, 2.24) is 35.6 Å². The van der Waals surface area contributed by atoms with Crippen LogP contribution in [0.1, 0.15) is 72.8 Å². The van der Waals surface area contributed by atoms with Crippen LogP contribution in [0, 0.1) is 24.0 Å². The highest BCUT2D eigenvalue weighted by Crippen LogP contribution is 2.32. The Morgan fingerprint density at radius 3 is 2.09 bits per heavy atom. The van der Waals surface area contributed by atoms with Crippen LogP contribution in [-0.4, -0.2) is 196 Å². The second kappa shape index (κ2) is 31.8. The van der Waals surface area contributed by atoms with Crippen LogP contribution in [0.3, 0.4) is 0 Å². The topological polar surface area (TPSA) is 260 Å². The van der Waals surface area contributed by atoms with Gasteiger partial charge >= 0.3 is 0 Å². The lowest BCUT2D eigenvalue weighted by Crippen LogP contribution is -2.58. The Morgan fingerprint density at radius 1 is 0.787 bits per heavy atom. The Kier molecular flexibility index (Phi) is 23.6. The summed E-state index contributed by atoms with van der Waals surface area (Å²) in [4.78, 5) is 78.3. The minimum atomic E-state index is -0.990. The Labute approximate surface area is 520 Å². The molecule has 3 atom stereocenters. The molecule has 0 radical (unpaired) electrons. The fraction of sp³-hybridized carbons (Fsp3) is 0.484. The van der Waals surface area contributed by atoms with E-state index in [1.165, 1.54) is 17.0 Å². The van der Waals surface area contributed by atoms with Crippen molar-refractivity contribution in [3.63, 3.8) is 0 Å². The number of piperazine rings is 1. The number of likely N-dealkylation sites (tertiary alicyclic amines) is 1. The number of carbonyl (C=O) groups excluding carboxylic acids is 5. The number of amides is 5. The first-order valence-corrected chi connectivity index (χ1v) is 31.0. The Morgan fingerprint density at radius 2 is 1.44 bits per heavy atom. The number of halogens is 2. The molecule has 22 nitrogen and oxygen atoms in total. The Hall–Kier alpha value is -7.49. The van der Waals surface area contributed by atoms with Gasteiger partial charge in [-0.1, -0.05) is 51.1 Å². The van der Waals surface area contributed by atoms with E-state index >= 15 is 0 Å². The van der Waals surface area contributed by atoms with Crippen LogP contribution in [0.5, 0.6) is 0 Å². The lowest BCUT2D eigenvalue weighted by Gasteiger charge is -2.36. The van der Waals surface area contributed by atoms with E-state index in [9.17, 15) is 37.9 Å². The van der Waals surface area contributed by atoms with Gasteiger partial charge in [-0.05, 0) is 96.3 Å². The van der Waals surface area contributed by atoms with Crippen LogP contribution in [0.15, 0.2) is 84.4 Å². The molecule has 25 heteroatoms. The molecule has 89 heavy (non-hydrogen) atoms. The molecule has 3 aliphatic heterocycles. The van der Waals surface area contributed by atoms with E-state index in [-0.39, 0.29) is 95.9 Å². The molecule has 3 aliphatic rings. The average molecular weight is 1250 g/mol. The number of β-amino-alcohol motifs (C(OH)–C–C–N with tert-alkyl or cyclic N) is 1. The van der Waals surface area contributed by atoms with E-state index in [0.29, 0.717) is 92.7 Å². The Balaban J connectivity index is 0.614. The number of hydrogen-bond acceptors (Lipinski definition) is 17. The molecule has 4 aromatic carbocycles. The fourth-order valence-corrected chi connectivity index (χ4v) is 11.7. The van der Waals surface area contributed by atoms with Gasteiger partial charge in [0.15, 0.2) is 5.82 Å². The van der Waals surface area contributed by atoms with Crippen LogP contribution < -0.4 is 26.2 Å². The largest absolute Gasteiger partial charge is 0.391 e. The molecule has 9 rings (SSSR count). The van der Waals surface area contributed by atoms with E-state index < -0.39 is 47.1 Å². The normalized spacial score (nSPS) is 16.8. The smallest absolute Gasteiger partial charge is 0.258 e. The number of carbonyl (C=O) groups is 5. The molecule has 6 aromatic rings. The molecular weight excluding hydrogens is 1170 g/mol. The van der Waals surface area contributed by atoms with E-state index in [1.54, 1.807) is 27.8 Å². The molecule has 2 aromatic heterocycles. The summed E-state index contributed by atoms with van der Waals surface area (Å²) < 4.78 is 61.4. The van der Waals surface area contributed by atoms with Crippen LogP contribution in [-0.2, 0) is 60.6 Å². The number of hydrogen-bond donors (Lipinski definition) is 6. The number of H-pyrrole nitrogens is 1. The van der Waals surface area contributed by atoms with E-state index in [2.05, 4.69) is 41.3 Å². The number of ether oxygens (including phenoxy) is 6. The maximum absolute atomic E-state index is 14.0. The second-order valence-electron chi connectivity index (χ2n) is 23.4. The zero-order chi connectivity index (χ0) is 62.9. The minimum Gasteiger partial charge on any atom is -0.391 e. The number of aliphatic hydroxyl groups is 1. The molecule has 0 bridgehead atoms. The van der Waals surface area contributed by atoms with Gasteiger partial charge in [-0.15, -0.1) is 11.3 Å². The molecule has 3 saturated heterocycles. The summed E-state index contributed by atoms with van der Waals surface area (Å²) in [5, 5.41) is 30.8. The summed E-state index contributed by atoms with van der Waals surface area (Å²) in [6.07, 6.45) is 1.03. The average Bonchev–Trinajstić information content (AvgIpc) is 3.91. The summed E-state index contributed by atoms with van der Waals surface area (Å²) in [5.74, 6) is -2.81. The summed E-state index contributed by atoms with van der Waals surface area (Å²) in [7, 11) is 0. The van der Waals surface area contributed by atoms with Crippen molar-refractivity contribution in [2.75, 3.05) is 128 Å². The number of aromatic nitrogens is 3. The van der Waals surface area contributed by atoms with Gasteiger partial charge in [0.05, 0.1) is 86.1 Å². The molecule has 3 fully saturated rings. The van der Waals surface area contributed by atoms with Crippen molar-refractivity contribution in [2.45, 2.75) is 84.2 Å². The maximum atomic E-state index is 14.0. The summed E-state index contributed by atoms with van der Waals surface area (Å²) in [6.45, 7) is 12.6. The Bertz CT molecular complexity index is 3330. The minimum absolute atomic E-state index is 0.0352. The van der Waals surface area contributed by atoms with E-state index in [0.717, 1.165) is 51.9 Å². The van der Waals surface area contributed by atoms with Gasteiger partial charge in [0, 0.05) is 87.8 Å². The number of aliphatic hydroxyl groups excluding tert-OH is 1. The number of nitrogens with zero attached hydrogens (tertiary/aromatic N) is 5. The van der Waals surface area contributed by atoms with Gasteiger partial charge in [0.25, 0.3) is 5.91 Å². The van der Waals surface area contributed by atoms with Gasteiger partial charge in [-0.2, -0.15) is 5.10 Å². The van der Waals surface area contributed by atoms with Crippen LogP contribution in [0.4, 0.5) is 26.0 Å². The number of thiazole rings is 1. The predicted octanol–water partition coefficient (Wildman–Crippen LogP) is 6.25. The highest BCUT2D eigenvalue weighted by atomic mass is 32.1. The van der Waals surface area contributed by atoms with Crippen molar-refractivity contribution >= 4 is 69.0 Å².